The quantitative estimate of drug-likeness (QED) is 0.0279. The summed E-state index contributed by atoms with van der Waals surface area (Å²) in [5.41, 5.74) is -1.70. The predicted octanol–water partition coefficient (Wildman–Crippen LogP) is 12.7. The van der Waals surface area contributed by atoms with Gasteiger partial charge in [-0.25, -0.2) is 0 Å². The van der Waals surface area contributed by atoms with Gasteiger partial charge in [-0.2, -0.15) is 0 Å². The zero-order valence-electron chi connectivity index (χ0n) is 38.9. The summed E-state index contributed by atoms with van der Waals surface area (Å²) in [6, 6.07) is 0. The average molecular weight is 822 g/mol. The van der Waals surface area contributed by atoms with Crippen LogP contribution in [0, 0.1) is 23.2 Å². The van der Waals surface area contributed by atoms with Crippen LogP contribution in [0.1, 0.15) is 215 Å². The number of hydrogen-bond acceptors (Lipinski definition) is 8. The molecule has 0 aliphatic carbocycles. The molecule has 0 aromatic heterocycles. The average Bonchev–Trinajstić information content (AvgIpc) is 3.18. The van der Waals surface area contributed by atoms with Crippen molar-refractivity contribution in [2.45, 2.75) is 221 Å². The maximum absolute atomic E-state index is 13.9. The number of carbonyl (C=O) groups is 4. The molecule has 340 valence electrons. The van der Waals surface area contributed by atoms with Gasteiger partial charge in [-0.3, -0.25) is 19.2 Å². The Labute approximate surface area is 356 Å². The first kappa shape index (κ1) is 55.6. The molecular formula is C49H91NO8. The summed E-state index contributed by atoms with van der Waals surface area (Å²) in [7, 11) is 3.91. The van der Waals surface area contributed by atoms with Crippen molar-refractivity contribution in [2.24, 2.45) is 23.2 Å². The SMILES string of the molecule is CCCCCC/C=C\CCCCCC(OC(=O)CC(CCCC)CCCC)C(COC(=O)CC(CCCC)CCCC)(CC(C)COC(=O)CCCN(C)C)C(=O)O. The number of rotatable bonds is 40. The van der Waals surface area contributed by atoms with Gasteiger partial charge in [-0.05, 0) is 115 Å². The van der Waals surface area contributed by atoms with E-state index in [0.717, 1.165) is 109 Å². The number of unbranched alkanes of at least 4 members (excludes halogenated alkanes) is 11. The van der Waals surface area contributed by atoms with Crippen LogP contribution in [0.15, 0.2) is 12.2 Å². The molecule has 0 aliphatic heterocycles. The summed E-state index contributed by atoms with van der Waals surface area (Å²) in [6.07, 6.45) is 26.8. The summed E-state index contributed by atoms with van der Waals surface area (Å²) < 4.78 is 18.0. The van der Waals surface area contributed by atoms with Gasteiger partial charge in [0.2, 0.25) is 0 Å². The Balaban J connectivity index is 6.48. The third kappa shape index (κ3) is 28.1. The minimum absolute atomic E-state index is 0.0292. The van der Waals surface area contributed by atoms with Crippen molar-refractivity contribution in [1.82, 2.24) is 4.90 Å². The number of ether oxygens (including phenoxy) is 3. The van der Waals surface area contributed by atoms with Gasteiger partial charge in [-0.15, -0.1) is 0 Å². The standard InChI is InChI=1S/C49H91NO8/c1-9-14-19-20-21-22-23-24-25-26-27-33-44(58-47(53)37-43(31-17-12-4)32-18-13-5)49(48(54)55,38-41(6)39-56-45(51)34-28-35-50(7)8)40-57-46(52)36-42(29-15-10-2)30-16-11-3/h22-23,41-44H,9-21,24-40H2,1-8H3,(H,54,55)/b23-22-. The number of carboxylic acids is 1. The van der Waals surface area contributed by atoms with Gasteiger partial charge < -0.3 is 24.2 Å². The fourth-order valence-electron chi connectivity index (χ4n) is 7.85. The molecule has 0 aromatic rings. The van der Waals surface area contributed by atoms with Crippen LogP contribution >= 0.6 is 0 Å². The zero-order valence-corrected chi connectivity index (χ0v) is 38.9. The maximum atomic E-state index is 13.9. The number of esters is 3. The Morgan fingerprint density at radius 1 is 0.603 bits per heavy atom. The molecule has 0 radical (unpaired) electrons. The molecule has 0 heterocycles. The monoisotopic (exact) mass is 822 g/mol. The van der Waals surface area contributed by atoms with Gasteiger partial charge in [0.1, 0.15) is 18.1 Å². The van der Waals surface area contributed by atoms with Gasteiger partial charge in [0.15, 0.2) is 0 Å². The van der Waals surface area contributed by atoms with E-state index in [-0.39, 0.29) is 62.0 Å². The second-order valence-electron chi connectivity index (χ2n) is 17.7. The fraction of sp³-hybridized carbons (Fsp3) is 0.878. The third-order valence-electron chi connectivity index (χ3n) is 11.5. The molecule has 3 atom stereocenters. The van der Waals surface area contributed by atoms with E-state index >= 15 is 0 Å². The first-order valence-electron chi connectivity index (χ1n) is 23.9. The van der Waals surface area contributed by atoms with Crippen LogP contribution in [0.25, 0.3) is 0 Å². The molecular weight excluding hydrogens is 731 g/mol. The topological polar surface area (TPSA) is 119 Å². The molecule has 1 N–H and O–H groups in total. The van der Waals surface area contributed by atoms with Gasteiger partial charge in [0.25, 0.3) is 0 Å². The smallest absolute Gasteiger partial charge is 0.316 e. The van der Waals surface area contributed by atoms with E-state index in [1.807, 2.05) is 25.9 Å². The maximum Gasteiger partial charge on any atom is 0.316 e. The molecule has 0 saturated carbocycles. The van der Waals surface area contributed by atoms with Crippen LogP contribution in [0.2, 0.25) is 0 Å². The van der Waals surface area contributed by atoms with Crippen molar-refractivity contribution in [3.63, 3.8) is 0 Å². The lowest BCUT2D eigenvalue weighted by molar-refractivity contribution is -0.182. The lowest BCUT2D eigenvalue weighted by atomic mass is 9.73. The molecule has 0 spiro atoms. The van der Waals surface area contributed by atoms with Crippen molar-refractivity contribution in [3.05, 3.63) is 12.2 Å². The van der Waals surface area contributed by atoms with E-state index in [1.54, 1.807) is 0 Å². The Bertz CT molecular complexity index is 1060. The highest BCUT2D eigenvalue weighted by Crippen LogP contribution is 2.38. The second-order valence-corrected chi connectivity index (χ2v) is 17.7. The van der Waals surface area contributed by atoms with Crippen LogP contribution in [0.5, 0.6) is 0 Å². The van der Waals surface area contributed by atoms with E-state index in [9.17, 15) is 24.3 Å². The van der Waals surface area contributed by atoms with Crippen LogP contribution in [-0.2, 0) is 33.4 Å². The number of aliphatic carboxylic acids is 1. The lowest BCUT2D eigenvalue weighted by Crippen LogP contribution is -2.50. The van der Waals surface area contributed by atoms with E-state index < -0.39 is 30.1 Å². The normalized spacial score (nSPS) is 13.9. The van der Waals surface area contributed by atoms with Gasteiger partial charge >= 0.3 is 23.9 Å². The molecule has 9 nitrogen and oxygen atoms in total. The molecule has 58 heavy (non-hydrogen) atoms. The molecule has 3 unspecified atom stereocenters. The number of nitrogens with zero attached hydrogens (tertiary/aromatic N) is 1. The first-order chi connectivity index (χ1) is 27.9. The van der Waals surface area contributed by atoms with Gasteiger partial charge in [-0.1, -0.05) is 131 Å². The molecule has 9 heteroatoms. The minimum atomic E-state index is -1.70. The van der Waals surface area contributed by atoms with E-state index in [1.165, 1.54) is 25.7 Å². The Kier molecular flexibility index (Phi) is 34.9. The van der Waals surface area contributed by atoms with Crippen molar-refractivity contribution in [3.8, 4) is 0 Å². The fourth-order valence-corrected chi connectivity index (χ4v) is 7.85. The number of allylic oxidation sites excluding steroid dienone is 2. The summed E-state index contributed by atoms with van der Waals surface area (Å²) in [6.45, 7) is 13.0. The lowest BCUT2D eigenvalue weighted by Gasteiger charge is -2.38. The Morgan fingerprint density at radius 2 is 1.10 bits per heavy atom. The number of hydrogen-bond donors (Lipinski definition) is 1. The van der Waals surface area contributed by atoms with E-state index in [0.29, 0.717) is 19.3 Å². The Morgan fingerprint density at radius 3 is 1.59 bits per heavy atom. The van der Waals surface area contributed by atoms with Crippen molar-refractivity contribution in [2.75, 3.05) is 33.9 Å². The molecule has 0 aliphatic rings. The predicted molar refractivity (Wildman–Crippen MR) is 239 cm³/mol. The largest absolute Gasteiger partial charge is 0.481 e. The van der Waals surface area contributed by atoms with Gasteiger partial charge in [0.05, 0.1) is 6.61 Å². The van der Waals surface area contributed by atoms with Crippen molar-refractivity contribution >= 4 is 23.9 Å². The molecule has 0 saturated heterocycles. The summed E-state index contributed by atoms with van der Waals surface area (Å²) in [5.74, 6) is -2.31. The highest BCUT2D eigenvalue weighted by atomic mass is 16.6. The highest BCUT2D eigenvalue weighted by molar-refractivity contribution is 5.78. The molecule has 0 amide bonds. The van der Waals surface area contributed by atoms with Crippen LogP contribution in [-0.4, -0.2) is 73.8 Å². The molecule has 0 aromatic carbocycles. The summed E-state index contributed by atoms with van der Waals surface area (Å²) in [5, 5.41) is 11.2. The third-order valence-corrected chi connectivity index (χ3v) is 11.5. The zero-order chi connectivity index (χ0) is 43.4. The van der Waals surface area contributed by atoms with Crippen LogP contribution < -0.4 is 0 Å². The number of carbonyl (C=O) groups excluding carboxylic acids is 3. The summed E-state index contributed by atoms with van der Waals surface area (Å²) in [4.78, 5) is 55.8. The van der Waals surface area contributed by atoms with Crippen LogP contribution in [0.4, 0.5) is 0 Å². The molecule has 0 bridgehead atoms. The van der Waals surface area contributed by atoms with Crippen molar-refractivity contribution in [1.29, 1.82) is 0 Å². The second kappa shape index (κ2) is 36.4. The first-order valence-corrected chi connectivity index (χ1v) is 23.9. The summed E-state index contributed by atoms with van der Waals surface area (Å²) >= 11 is 0. The van der Waals surface area contributed by atoms with Crippen molar-refractivity contribution < 1.29 is 38.5 Å². The molecule has 0 fully saturated rings. The van der Waals surface area contributed by atoms with E-state index in [4.69, 9.17) is 14.2 Å². The Hall–Kier alpha value is -2.42. The van der Waals surface area contributed by atoms with E-state index in [2.05, 4.69) is 46.8 Å². The molecule has 0 rings (SSSR count). The number of carboxylic acid groups (broad SMARTS) is 1. The van der Waals surface area contributed by atoms with Crippen LogP contribution in [0.3, 0.4) is 0 Å². The minimum Gasteiger partial charge on any atom is -0.481 e. The van der Waals surface area contributed by atoms with Gasteiger partial charge in [0, 0.05) is 19.3 Å². The highest BCUT2D eigenvalue weighted by Gasteiger charge is 2.50.